The van der Waals surface area contributed by atoms with Crippen LogP contribution < -0.4 is 10.6 Å². The number of alkyl halides is 3. The molecule has 0 aliphatic rings. The molecule has 1 heterocycles. The molecule has 0 saturated heterocycles. The summed E-state index contributed by atoms with van der Waals surface area (Å²) in [4.78, 5) is 6.59. The minimum absolute atomic E-state index is 0.292. The number of rotatable bonds is 7. The molecule has 0 saturated carbocycles. The van der Waals surface area contributed by atoms with Gasteiger partial charge in [0.15, 0.2) is 5.96 Å². The van der Waals surface area contributed by atoms with Crippen LogP contribution in [0.25, 0.3) is 0 Å². The molecule has 126 valence electrons. The lowest BCUT2D eigenvalue weighted by molar-refractivity contribution is -0.142. The maximum absolute atomic E-state index is 12.2. The Morgan fingerprint density at radius 1 is 1.41 bits per heavy atom. The zero-order valence-corrected chi connectivity index (χ0v) is 13.9. The predicted octanol–water partition coefficient (Wildman–Crippen LogP) is 2.51. The van der Waals surface area contributed by atoms with E-state index in [0.29, 0.717) is 25.0 Å². The van der Waals surface area contributed by atoms with Gasteiger partial charge in [-0.05, 0) is 18.5 Å². The van der Waals surface area contributed by atoms with E-state index in [2.05, 4.69) is 28.6 Å². The Morgan fingerprint density at radius 2 is 2.14 bits per heavy atom. The Hall–Kier alpha value is -1.28. The first-order chi connectivity index (χ1) is 10.3. The number of guanidine groups is 1. The number of nitrogens with zero attached hydrogens (tertiary/aromatic N) is 2. The van der Waals surface area contributed by atoms with Crippen molar-refractivity contribution in [1.82, 2.24) is 15.5 Å². The first-order valence-electron chi connectivity index (χ1n) is 7.05. The van der Waals surface area contributed by atoms with Crippen LogP contribution in [0.5, 0.6) is 0 Å². The summed E-state index contributed by atoms with van der Waals surface area (Å²) in [5.74, 6) is 0.954. The van der Waals surface area contributed by atoms with Crippen molar-refractivity contribution in [2.75, 3.05) is 40.3 Å². The minimum Gasteiger partial charge on any atom is -0.356 e. The molecule has 8 heteroatoms. The normalized spacial score (nSPS) is 14.2. The monoisotopic (exact) mass is 336 g/mol. The van der Waals surface area contributed by atoms with Gasteiger partial charge in [-0.15, -0.1) is 11.3 Å². The molecular weight excluding hydrogens is 313 g/mol. The Morgan fingerprint density at radius 3 is 2.68 bits per heavy atom. The van der Waals surface area contributed by atoms with Crippen molar-refractivity contribution in [3.8, 4) is 0 Å². The fourth-order valence-corrected chi connectivity index (χ4v) is 2.68. The fraction of sp³-hybridized carbons (Fsp3) is 0.643. The first kappa shape index (κ1) is 18.8. The highest BCUT2D eigenvalue weighted by molar-refractivity contribution is 7.10. The third-order valence-corrected chi connectivity index (χ3v) is 4.17. The zero-order chi connectivity index (χ0) is 16.6. The van der Waals surface area contributed by atoms with Gasteiger partial charge in [0.1, 0.15) is 0 Å². The topological polar surface area (TPSA) is 39.7 Å². The van der Waals surface area contributed by atoms with E-state index >= 15 is 0 Å². The third-order valence-electron chi connectivity index (χ3n) is 3.06. The highest BCUT2D eigenvalue weighted by Gasteiger charge is 2.28. The Balaban J connectivity index is 2.25. The number of thiophene rings is 1. The molecule has 0 aromatic carbocycles. The highest BCUT2D eigenvalue weighted by atomic mass is 32.1. The molecular formula is C14H23F3N4S. The van der Waals surface area contributed by atoms with E-state index in [1.165, 1.54) is 16.8 Å². The van der Waals surface area contributed by atoms with E-state index in [-0.39, 0.29) is 0 Å². The van der Waals surface area contributed by atoms with Crippen molar-refractivity contribution < 1.29 is 13.2 Å². The zero-order valence-electron chi connectivity index (χ0n) is 13.1. The second kappa shape index (κ2) is 8.99. The van der Waals surface area contributed by atoms with E-state index in [0.717, 1.165) is 6.54 Å². The molecule has 1 aromatic rings. The van der Waals surface area contributed by atoms with Crippen molar-refractivity contribution in [2.24, 2.45) is 4.99 Å². The van der Waals surface area contributed by atoms with Crippen LogP contribution in [0, 0.1) is 0 Å². The lowest BCUT2D eigenvalue weighted by atomic mass is 10.1. The summed E-state index contributed by atoms with van der Waals surface area (Å²) in [6.07, 6.45) is -4.16. The van der Waals surface area contributed by atoms with Crippen LogP contribution >= 0.6 is 11.3 Å². The van der Waals surface area contributed by atoms with Gasteiger partial charge in [0.05, 0.1) is 6.54 Å². The Bertz CT molecular complexity index is 445. The number of nitrogens with one attached hydrogen (secondary N) is 2. The molecule has 0 aliphatic carbocycles. The van der Waals surface area contributed by atoms with Crippen LogP contribution in [0.4, 0.5) is 13.2 Å². The number of hydrogen-bond acceptors (Lipinski definition) is 3. The lowest BCUT2D eigenvalue weighted by Crippen LogP contribution is -2.43. The number of hydrogen-bond donors (Lipinski definition) is 2. The van der Waals surface area contributed by atoms with Crippen LogP contribution in [0.1, 0.15) is 17.7 Å². The van der Waals surface area contributed by atoms with E-state index in [1.807, 2.05) is 11.4 Å². The molecule has 2 N–H and O–H groups in total. The molecule has 0 bridgehead atoms. The van der Waals surface area contributed by atoms with Gasteiger partial charge in [0.2, 0.25) is 0 Å². The smallest absolute Gasteiger partial charge is 0.356 e. The van der Waals surface area contributed by atoms with Gasteiger partial charge in [-0.3, -0.25) is 9.89 Å². The predicted molar refractivity (Wildman–Crippen MR) is 85.7 cm³/mol. The van der Waals surface area contributed by atoms with Crippen LogP contribution in [0.3, 0.4) is 0 Å². The molecule has 22 heavy (non-hydrogen) atoms. The summed E-state index contributed by atoms with van der Waals surface area (Å²) < 4.78 is 36.6. The summed E-state index contributed by atoms with van der Waals surface area (Å²) in [7, 11) is 3.09. The van der Waals surface area contributed by atoms with Crippen LogP contribution in [0.2, 0.25) is 0 Å². The SMILES string of the molecule is CN=C(NCCN(C)CC(F)(F)F)NCC(C)c1cccs1. The number of aliphatic imine (C=N–C) groups is 1. The van der Waals surface area contributed by atoms with Crippen molar-refractivity contribution >= 4 is 17.3 Å². The Kier molecular flexibility index (Phi) is 7.67. The van der Waals surface area contributed by atoms with Crippen molar-refractivity contribution in [3.63, 3.8) is 0 Å². The molecule has 0 radical (unpaired) electrons. The van der Waals surface area contributed by atoms with Crippen molar-refractivity contribution in [2.45, 2.75) is 19.0 Å². The second-order valence-corrected chi connectivity index (χ2v) is 6.13. The van der Waals surface area contributed by atoms with Gasteiger partial charge >= 0.3 is 6.18 Å². The van der Waals surface area contributed by atoms with Gasteiger partial charge in [-0.1, -0.05) is 13.0 Å². The maximum Gasteiger partial charge on any atom is 0.401 e. The molecule has 1 aromatic heterocycles. The molecule has 1 rings (SSSR count). The van der Waals surface area contributed by atoms with Gasteiger partial charge in [-0.25, -0.2) is 0 Å². The van der Waals surface area contributed by atoms with E-state index in [4.69, 9.17) is 0 Å². The fourth-order valence-electron chi connectivity index (χ4n) is 1.89. The number of halogens is 3. The summed E-state index contributed by atoms with van der Waals surface area (Å²) >= 11 is 1.70. The largest absolute Gasteiger partial charge is 0.401 e. The van der Waals surface area contributed by atoms with Crippen LogP contribution in [-0.4, -0.2) is 57.3 Å². The molecule has 1 unspecified atom stereocenters. The maximum atomic E-state index is 12.2. The molecule has 0 amide bonds. The molecule has 0 fully saturated rings. The van der Waals surface area contributed by atoms with Gasteiger partial charge in [-0.2, -0.15) is 13.2 Å². The number of likely N-dealkylation sites (N-methyl/N-ethyl adjacent to an activating group) is 1. The third kappa shape index (κ3) is 7.65. The minimum atomic E-state index is -4.16. The van der Waals surface area contributed by atoms with Crippen LogP contribution in [0.15, 0.2) is 22.5 Å². The van der Waals surface area contributed by atoms with Crippen LogP contribution in [-0.2, 0) is 0 Å². The standard InChI is InChI=1S/C14H23F3N4S/c1-11(12-5-4-8-22-12)9-20-13(18-2)19-6-7-21(3)10-14(15,16)17/h4-5,8,11H,6-7,9-10H2,1-3H3,(H2,18,19,20). The van der Waals surface area contributed by atoms with Gasteiger partial charge in [0.25, 0.3) is 0 Å². The van der Waals surface area contributed by atoms with Crippen molar-refractivity contribution in [3.05, 3.63) is 22.4 Å². The van der Waals surface area contributed by atoms with Gasteiger partial charge in [0, 0.05) is 37.5 Å². The molecule has 4 nitrogen and oxygen atoms in total. The highest BCUT2D eigenvalue weighted by Crippen LogP contribution is 2.19. The lowest BCUT2D eigenvalue weighted by Gasteiger charge is -2.20. The molecule has 1 atom stereocenters. The summed E-state index contributed by atoms with van der Waals surface area (Å²) in [5.41, 5.74) is 0. The molecule has 0 aliphatic heterocycles. The Labute approximate surface area is 133 Å². The summed E-state index contributed by atoms with van der Waals surface area (Å²) in [5, 5.41) is 8.24. The van der Waals surface area contributed by atoms with E-state index in [9.17, 15) is 13.2 Å². The molecule has 0 spiro atoms. The van der Waals surface area contributed by atoms with Gasteiger partial charge < -0.3 is 10.6 Å². The quantitative estimate of drug-likeness (QED) is 0.594. The second-order valence-electron chi connectivity index (χ2n) is 5.15. The average molecular weight is 336 g/mol. The van der Waals surface area contributed by atoms with E-state index in [1.54, 1.807) is 18.4 Å². The van der Waals surface area contributed by atoms with Crippen molar-refractivity contribution in [1.29, 1.82) is 0 Å². The summed E-state index contributed by atoms with van der Waals surface area (Å²) in [6.45, 7) is 2.62. The first-order valence-corrected chi connectivity index (χ1v) is 7.93. The summed E-state index contributed by atoms with van der Waals surface area (Å²) in [6, 6.07) is 4.10. The van der Waals surface area contributed by atoms with E-state index < -0.39 is 12.7 Å². The average Bonchev–Trinajstić information content (AvgIpc) is 2.94.